The first-order chi connectivity index (χ1) is 6.82. The standard InChI is InChI=1S/C13H27NO/c1-10(2)14-8-7-11(3)15-9-12(14)13(4,5)6/h10-12H,7-9H2,1-6H3/t11?,12-/m1/s1. The van der Waals surface area contributed by atoms with Crippen LogP contribution < -0.4 is 0 Å². The van der Waals surface area contributed by atoms with E-state index < -0.39 is 0 Å². The van der Waals surface area contributed by atoms with Crippen LogP contribution in [0.2, 0.25) is 0 Å². The molecule has 1 heterocycles. The zero-order valence-electron chi connectivity index (χ0n) is 11.2. The minimum absolute atomic E-state index is 0.300. The molecule has 2 heteroatoms. The van der Waals surface area contributed by atoms with Crippen molar-refractivity contribution in [1.29, 1.82) is 0 Å². The molecule has 0 amide bonds. The lowest BCUT2D eigenvalue weighted by Gasteiger charge is -2.40. The van der Waals surface area contributed by atoms with Crippen molar-refractivity contribution < 1.29 is 4.74 Å². The van der Waals surface area contributed by atoms with Crippen molar-refractivity contribution in [2.24, 2.45) is 5.41 Å². The SMILES string of the molecule is CC1CCN(C(C)C)[C@@H](C(C)(C)C)CO1. The van der Waals surface area contributed by atoms with Gasteiger partial charge in [0.15, 0.2) is 0 Å². The molecule has 2 nitrogen and oxygen atoms in total. The van der Waals surface area contributed by atoms with Crippen molar-refractivity contribution in [3.63, 3.8) is 0 Å². The highest BCUT2D eigenvalue weighted by molar-refractivity contribution is 4.87. The van der Waals surface area contributed by atoms with E-state index in [-0.39, 0.29) is 0 Å². The Morgan fingerprint density at radius 3 is 2.33 bits per heavy atom. The van der Waals surface area contributed by atoms with Crippen molar-refractivity contribution >= 4 is 0 Å². The summed E-state index contributed by atoms with van der Waals surface area (Å²) in [5.41, 5.74) is 0.300. The summed E-state index contributed by atoms with van der Waals surface area (Å²) in [6.45, 7) is 15.7. The Kier molecular flexibility index (Phi) is 4.19. The van der Waals surface area contributed by atoms with Gasteiger partial charge in [0.2, 0.25) is 0 Å². The largest absolute Gasteiger partial charge is 0.377 e. The van der Waals surface area contributed by atoms with E-state index in [0.29, 0.717) is 23.6 Å². The van der Waals surface area contributed by atoms with Gasteiger partial charge in [-0.3, -0.25) is 4.90 Å². The van der Waals surface area contributed by atoms with Gasteiger partial charge in [0, 0.05) is 18.6 Å². The van der Waals surface area contributed by atoms with Gasteiger partial charge in [0.1, 0.15) is 0 Å². The normalized spacial score (nSPS) is 30.6. The summed E-state index contributed by atoms with van der Waals surface area (Å²) in [6.07, 6.45) is 1.57. The molecule has 1 unspecified atom stereocenters. The summed E-state index contributed by atoms with van der Waals surface area (Å²) >= 11 is 0. The van der Waals surface area contributed by atoms with E-state index in [1.165, 1.54) is 6.54 Å². The lowest BCUT2D eigenvalue weighted by atomic mass is 9.85. The molecule has 0 aromatic carbocycles. The first kappa shape index (κ1) is 13.0. The van der Waals surface area contributed by atoms with Crippen LogP contribution in [0.5, 0.6) is 0 Å². The monoisotopic (exact) mass is 213 g/mol. The molecule has 1 aliphatic rings. The zero-order valence-corrected chi connectivity index (χ0v) is 11.2. The first-order valence-electron chi connectivity index (χ1n) is 6.19. The Balaban J connectivity index is 2.78. The molecule has 0 saturated carbocycles. The summed E-state index contributed by atoms with van der Waals surface area (Å²) in [7, 11) is 0. The third-order valence-electron chi connectivity index (χ3n) is 3.40. The maximum atomic E-state index is 5.88. The fourth-order valence-electron chi connectivity index (χ4n) is 2.29. The molecule has 15 heavy (non-hydrogen) atoms. The molecule has 0 radical (unpaired) electrons. The van der Waals surface area contributed by atoms with E-state index in [9.17, 15) is 0 Å². The van der Waals surface area contributed by atoms with E-state index in [0.717, 1.165) is 13.0 Å². The fraction of sp³-hybridized carbons (Fsp3) is 1.00. The number of ether oxygens (including phenoxy) is 1. The van der Waals surface area contributed by atoms with Crippen molar-refractivity contribution in [2.45, 2.75) is 66.2 Å². The van der Waals surface area contributed by atoms with Crippen LogP contribution in [-0.2, 0) is 4.74 Å². The molecule has 0 aliphatic carbocycles. The van der Waals surface area contributed by atoms with Crippen molar-refractivity contribution in [2.75, 3.05) is 13.2 Å². The van der Waals surface area contributed by atoms with E-state index in [4.69, 9.17) is 4.74 Å². The quantitative estimate of drug-likeness (QED) is 0.664. The lowest BCUT2D eigenvalue weighted by molar-refractivity contribution is 0.00658. The van der Waals surface area contributed by atoms with Gasteiger partial charge in [-0.05, 0) is 32.6 Å². The van der Waals surface area contributed by atoms with E-state index in [1.807, 2.05) is 0 Å². The fourth-order valence-corrected chi connectivity index (χ4v) is 2.29. The second-order valence-corrected chi connectivity index (χ2v) is 6.15. The van der Waals surface area contributed by atoms with Gasteiger partial charge in [0.25, 0.3) is 0 Å². The molecule has 1 rings (SSSR count). The van der Waals surface area contributed by atoms with E-state index >= 15 is 0 Å². The van der Waals surface area contributed by atoms with Crippen LogP contribution in [0.3, 0.4) is 0 Å². The van der Waals surface area contributed by atoms with Crippen LogP contribution in [0.25, 0.3) is 0 Å². The Bertz CT molecular complexity index is 195. The Morgan fingerprint density at radius 1 is 1.27 bits per heavy atom. The highest BCUT2D eigenvalue weighted by atomic mass is 16.5. The maximum absolute atomic E-state index is 5.88. The van der Waals surface area contributed by atoms with Crippen LogP contribution in [0.1, 0.15) is 48.0 Å². The van der Waals surface area contributed by atoms with Gasteiger partial charge in [-0.2, -0.15) is 0 Å². The number of nitrogens with zero attached hydrogens (tertiary/aromatic N) is 1. The van der Waals surface area contributed by atoms with Crippen molar-refractivity contribution in [3.8, 4) is 0 Å². The number of hydrogen-bond donors (Lipinski definition) is 0. The van der Waals surface area contributed by atoms with Crippen LogP contribution >= 0.6 is 0 Å². The summed E-state index contributed by atoms with van der Waals surface area (Å²) in [6, 6.07) is 1.16. The second-order valence-electron chi connectivity index (χ2n) is 6.15. The van der Waals surface area contributed by atoms with Gasteiger partial charge in [0.05, 0.1) is 12.7 Å². The molecule has 0 N–H and O–H groups in total. The Morgan fingerprint density at radius 2 is 1.87 bits per heavy atom. The van der Waals surface area contributed by atoms with Crippen LogP contribution in [0, 0.1) is 5.41 Å². The highest BCUT2D eigenvalue weighted by Crippen LogP contribution is 2.29. The Labute approximate surface area is 95.0 Å². The van der Waals surface area contributed by atoms with Gasteiger partial charge >= 0.3 is 0 Å². The van der Waals surface area contributed by atoms with E-state index in [1.54, 1.807) is 0 Å². The predicted molar refractivity (Wildman–Crippen MR) is 65.1 cm³/mol. The third-order valence-corrected chi connectivity index (χ3v) is 3.40. The summed E-state index contributed by atoms with van der Waals surface area (Å²) < 4.78 is 5.88. The second kappa shape index (κ2) is 4.84. The van der Waals surface area contributed by atoms with Gasteiger partial charge in [-0.1, -0.05) is 20.8 Å². The molecule has 0 bridgehead atoms. The average molecular weight is 213 g/mol. The summed E-state index contributed by atoms with van der Waals surface area (Å²) in [4.78, 5) is 2.60. The number of hydrogen-bond acceptors (Lipinski definition) is 2. The molecule has 90 valence electrons. The van der Waals surface area contributed by atoms with Crippen LogP contribution in [0.15, 0.2) is 0 Å². The molecule has 1 saturated heterocycles. The molecule has 0 aromatic heterocycles. The summed E-state index contributed by atoms with van der Waals surface area (Å²) in [5, 5.41) is 0. The molecule has 2 atom stereocenters. The molecule has 1 aliphatic heterocycles. The van der Waals surface area contributed by atoms with Gasteiger partial charge in [-0.15, -0.1) is 0 Å². The Hall–Kier alpha value is -0.0800. The topological polar surface area (TPSA) is 12.5 Å². The first-order valence-corrected chi connectivity index (χ1v) is 6.19. The minimum atomic E-state index is 0.300. The molecular formula is C13H27NO. The average Bonchev–Trinajstić information content (AvgIpc) is 2.25. The van der Waals surface area contributed by atoms with E-state index in [2.05, 4.69) is 46.4 Å². The smallest absolute Gasteiger partial charge is 0.0630 e. The molecular weight excluding hydrogens is 186 g/mol. The maximum Gasteiger partial charge on any atom is 0.0630 e. The van der Waals surface area contributed by atoms with Crippen molar-refractivity contribution in [1.82, 2.24) is 4.90 Å². The molecule has 0 aromatic rings. The van der Waals surface area contributed by atoms with Crippen LogP contribution in [-0.4, -0.2) is 36.2 Å². The lowest BCUT2D eigenvalue weighted by Crippen LogP contribution is -2.49. The zero-order chi connectivity index (χ0) is 11.6. The van der Waals surface area contributed by atoms with Crippen LogP contribution in [0.4, 0.5) is 0 Å². The minimum Gasteiger partial charge on any atom is -0.377 e. The number of rotatable bonds is 1. The third kappa shape index (κ3) is 3.46. The predicted octanol–water partition coefficient (Wildman–Crippen LogP) is 2.92. The van der Waals surface area contributed by atoms with Gasteiger partial charge < -0.3 is 4.74 Å². The molecule has 0 spiro atoms. The van der Waals surface area contributed by atoms with Gasteiger partial charge in [-0.25, -0.2) is 0 Å². The summed E-state index contributed by atoms with van der Waals surface area (Å²) in [5.74, 6) is 0. The highest BCUT2D eigenvalue weighted by Gasteiger charge is 2.34. The molecule has 1 fully saturated rings. The van der Waals surface area contributed by atoms with Crippen molar-refractivity contribution in [3.05, 3.63) is 0 Å².